The first-order valence-corrected chi connectivity index (χ1v) is 9.31. The lowest BCUT2D eigenvalue weighted by Gasteiger charge is -2.36. The van der Waals surface area contributed by atoms with Crippen LogP contribution in [0.15, 0.2) is 29.2 Å². The summed E-state index contributed by atoms with van der Waals surface area (Å²) in [6.45, 7) is 1.97. The summed E-state index contributed by atoms with van der Waals surface area (Å²) in [6.07, 6.45) is 1.06. The van der Waals surface area contributed by atoms with Crippen LogP contribution in [0.2, 0.25) is 0 Å². The van der Waals surface area contributed by atoms with Gasteiger partial charge in [-0.1, -0.05) is 12.1 Å². The van der Waals surface area contributed by atoms with Crippen LogP contribution < -0.4 is 0 Å². The highest BCUT2D eigenvalue weighted by Crippen LogP contribution is 2.24. The number of carbonyl (C=O) groups is 2. The van der Waals surface area contributed by atoms with Gasteiger partial charge in [-0.3, -0.25) is 9.59 Å². The normalized spacial score (nSPS) is 21.4. The van der Waals surface area contributed by atoms with Crippen LogP contribution >= 0.6 is 0 Å². The summed E-state index contributed by atoms with van der Waals surface area (Å²) in [6, 6.07) is 4.64. The van der Waals surface area contributed by atoms with Gasteiger partial charge in [-0.15, -0.1) is 0 Å². The predicted octanol–water partition coefficient (Wildman–Crippen LogP) is 1.94. The Morgan fingerprint density at radius 2 is 1.84 bits per heavy atom. The van der Waals surface area contributed by atoms with Gasteiger partial charge in [-0.05, 0) is 37.5 Å². The summed E-state index contributed by atoms with van der Waals surface area (Å²) >= 11 is 0. The molecule has 1 aliphatic heterocycles. The number of halogens is 2. The van der Waals surface area contributed by atoms with E-state index >= 15 is 0 Å². The van der Waals surface area contributed by atoms with Crippen LogP contribution in [0.3, 0.4) is 0 Å². The third-order valence-corrected chi connectivity index (χ3v) is 5.79. The minimum absolute atomic E-state index is 0.0499. The first kappa shape index (κ1) is 19.3. The van der Waals surface area contributed by atoms with E-state index in [1.807, 2.05) is 6.92 Å². The van der Waals surface area contributed by atoms with Gasteiger partial charge in [0, 0.05) is 12.6 Å². The molecular formula is C16H19F2NO5S. The maximum Gasteiger partial charge on any atom is 0.341 e. The van der Waals surface area contributed by atoms with Crippen LogP contribution in [0.1, 0.15) is 25.3 Å². The Hall–Kier alpha value is -2.03. The summed E-state index contributed by atoms with van der Waals surface area (Å²) in [5, 5.41) is 9.11. The molecule has 138 valence electrons. The van der Waals surface area contributed by atoms with Crippen molar-refractivity contribution in [3.05, 3.63) is 29.8 Å². The maximum absolute atomic E-state index is 12.5. The quantitative estimate of drug-likeness (QED) is 0.849. The SMILES string of the molecule is CC1CCC(C(=O)O)CN1C(=O)Cc1ccc(S(=O)(=O)C(F)F)cc1. The van der Waals surface area contributed by atoms with Gasteiger partial charge in [0.15, 0.2) is 0 Å². The number of carboxylic acids is 1. The molecule has 0 bridgehead atoms. The fourth-order valence-electron chi connectivity index (χ4n) is 2.83. The monoisotopic (exact) mass is 375 g/mol. The highest BCUT2D eigenvalue weighted by atomic mass is 32.2. The second kappa shape index (κ2) is 7.47. The molecule has 1 heterocycles. The summed E-state index contributed by atoms with van der Waals surface area (Å²) in [5.41, 5.74) is 0.475. The third-order valence-electron chi connectivity index (χ3n) is 4.39. The van der Waals surface area contributed by atoms with E-state index < -0.39 is 32.4 Å². The average Bonchev–Trinajstić information content (AvgIpc) is 2.55. The van der Waals surface area contributed by atoms with Crippen LogP contribution in [0.25, 0.3) is 0 Å². The van der Waals surface area contributed by atoms with Crippen molar-refractivity contribution >= 4 is 21.7 Å². The van der Waals surface area contributed by atoms with Gasteiger partial charge >= 0.3 is 11.7 Å². The van der Waals surface area contributed by atoms with E-state index in [0.29, 0.717) is 18.4 Å². The van der Waals surface area contributed by atoms with Crippen LogP contribution in [0, 0.1) is 5.92 Å². The van der Waals surface area contributed by atoms with Crippen LogP contribution in [-0.4, -0.2) is 48.6 Å². The molecule has 2 unspecified atom stereocenters. The average molecular weight is 375 g/mol. The number of carboxylic acid groups (broad SMARTS) is 1. The van der Waals surface area contributed by atoms with E-state index in [9.17, 15) is 26.8 Å². The van der Waals surface area contributed by atoms with Crippen molar-refractivity contribution < 1.29 is 31.9 Å². The molecule has 1 aromatic carbocycles. The van der Waals surface area contributed by atoms with Gasteiger partial charge in [0.05, 0.1) is 17.2 Å². The molecule has 2 rings (SSSR count). The van der Waals surface area contributed by atoms with Gasteiger partial charge in [0.2, 0.25) is 15.7 Å². The number of amides is 1. The first-order valence-electron chi connectivity index (χ1n) is 7.76. The highest BCUT2D eigenvalue weighted by Gasteiger charge is 2.32. The Bertz CT molecular complexity index is 748. The summed E-state index contributed by atoms with van der Waals surface area (Å²) in [4.78, 5) is 24.6. The number of piperidine rings is 1. The lowest BCUT2D eigenvalue weighted by Crippen LogP contribution is -2.47. The molecular weight excluding hydrogens is 356 g/mol. The number of nitrogens with zero attached hydrogens (tertiary/aromatic N) is 1. The van der Waals surface area contributed by atoms with Gasteiger partial charge in [0.25, 0.3) is 0 Å². The minimum Gasteiger partial charge on any atom is -0.481 e. The number of alkyl halides is 2. The number of sulfone groups is 1. The molecule has 0 spiro atoms. The van der Waals surface area contributed by atoms with E-state index in [4.69, 9.17) is 5.11 Å². The molecule has 1 fully saturated rings. The number of carbonyl (C=O) groups excluding carboxylic acids is 1. The first-order chi connectivity index (χ1) is 11.6. The van der Waals surface area contributed by atoms with Crippen molar-refractivity contribution in [1.82, 2.24) is 4.90 Å². The van der Waals surface area contributed by atoms with Crippen molar-refractivity contribution in [3.63, 3.8) is 0 Å². The molecule has 6 nitrogen and oxygen atoms in total. The molecule has 2 atom stereocenters. The Morgan fingerprint density at radius 1 is 1.24 bits per heavy atom. The lowest BCUT2D eigenvalue weighted by atomic mass is 9.93. The zero-order chi connectivity index (χ0) is 18.8. The van der Waals surface area contributed by atoms with E-state index in [1.54, 1.807) is 0 Å². The van der Waals surface area contributed by atoms with E-state index in [1.165, 1.54) is 17.0 Å². The van der Waals surface area contributed by atoms with Crippen molar-refractivity contribution in [2.75, 3.05) is 6.54 Å². The van der Waals surface area contributed by atoms with E-state index in [2.05, 4.69) is 0 Å². The standard InChI is InChI=1S/C16H19F2NO5S/c1-10-2-5-12(15(21)22)9-19(10)14(20)8-11-3-6-13(7-4-11)25(23,24)16(17)18/h3-4,6-7,10,12,16H,2,5,8-9H2,1H3,(H,21,22). The Labute approximate surface area is 144 Å². The number of hydrogen-bond donors (Lipinski definition) is 1. The van der Waals surface area contributed by atoms with Crippen LogP contribution in [-0.2, 0) is 25.8 Å². The van der Waals surface area contributed by atoms with Crippen LogP contribution in [0.4, 0.5) is 8.78 Å². The molecule has 1 aliphatic rings. The van der Waals surface area contributed by atoms with Crippen LogP contribution in [0.5, 0.6) is 0 Å². The molecule has 0 radical (unpaired) electrons. The van der Waals surface area contributed by atoms with Crippen molar-refractivity contribution in [1.29, 1.82) is 0 Å². The van der Waals surface area contributed by atoms with Gasteiger partial charge < -0.3 is 10.0 Å². The lowest BCUT2D eigenvalue weighted by molar-refractivity contribution is -0.147. The van der Waals surface area contributed by atoms with E-state index in [-0.39, 0.29) is 24.9 Å². The molecule has 1 N–H and O–H groups in total. The molecule has 0 aromatic heterocycles. The summed E-state index contributed by atoms with van der Waals surface area (Å²) < 4.78 is 47.7. The smallest absolute Gasteiger partial charge is 0.341 e. The fourth-order valence-corrected chi connectivity index (χ4v) is 3.55. The summed E-state index contributed by atoms with van der Waals surface area (Å²) in [7, 11) is -4.66. The van der Waals surface area contributed by atoms with Crippen molar-refractivity contribution in [2.24, 2.45) is 5.92 Å². The number of likely N-dealkylation sites (tertiary alicyclic amines) is 1. The largest absolute Gasteiger partial charge is 0.481 e. The predicted molar refractivity (Wildman–Crippen MR) is 84.9 cm³/mol. The second-order valence-electron chi connectivity index (χ2n) is 6.13. The number of hydrogen-bond acceptors (Lipinski definition) is 4. The second-order valence-corrected chi connectivity index (χ2v) is 8.05. The van der Waals surface area contributed by atoms with E-state index in [0.717, 1.165) is 12.1 Å². The molecule has 1 saturated heterocycles. The molecule has 9 heteroatoms. The molecule has 25 heavy (non-hydrogen) atoms. The van der Waals surface area contributed by atoms with Crippen molar-refractivity contribution in [3.8, 4) is 0 Å². The minimum atomic E-state index is -4.66. The number of aliphatic carboxylic acids is 1. The molecule has 0 saturated carbocycles. The van der Waals surface area contributed by atoms with Gasteiger partial charge in [-0.2, -0.15) is 8.78 Å². The molecule has 0 aliphatic carbocycles. The number of benzene rings is 1. The molecule has 1 aromatic rings. The van der Waals surface area contributed by atoms with Gasteiger partial charge in [-0.25, -0.2) is 8.42 Å². The summed E-state index contributed by atoms with van der Waals surface area (Å²) in [5.74, 6) is -5.31. The Balaban J connectivity index is 2.09. The topological polar surface area (TPSA) is 91.8 Å². The number of rotatable bonds is 5. The molecule has 1 amide bonds. The Morgan fingerprint density at radius 3 is 2.36 bits per heavy atom. The third kappa shape index (κ3) is 4.33. The van der Waals surface area contributed by atoms with Gasteiger partial charge in [0.1, 0.15) is 0 Å². The highest BCUT2D eigenvalue weighted by molar-refractivity contribution is 7.91. The fraction of sp³-hybridized carbons (Fsp3) is 0.500. The zero-order valence-electron chi connectivity index (χ0n) is 13.6. The zero-order valence-corrected chi connectivity index (χ0v) is 14.4. The maximum atomic E-state index is 12.5. The Kier molecular flexibility index (Phi) is 5.76. The van der Waals surface area contributed by atoms with Crippen molar-refractivity contribution in [2.45, 2.75) is 42.9 Å².